The van der Waals surface area contributed by atoms with E-state index in [2.05, 4.69) is 15.3 Å². The van der Waals surface area contributed by atoms with Crippen LogP contribution in [-0.2, 0) is 9.53 Å². The third-order valence-electron chi connectivity index (χ3n) is 3.50. The van der Waals surface area contributed by atoms with Gasteiger partial charge < -0.3 is 19.9 Å². The Balaban J connectivity index is 1.89. The van der Waals surface area contributed by atoms with Gasteiger partial charge in [0.25, 0.3) is 5.91 Å². The van der Waals surface area contributed by atoms with Gasteiger partial charge in [-0.3, -0.25) is 9.59 Å². The summed E-state index contributed by atoms with van der Waals surface area (Å²) in [6, 6.07) is 0. The van der Waals surface area contributed by atoms with Gasteiger partial charge in [-0.1, -0.05) is 0 Å². The van der Waals surface area contributed by atoms with Crippen LogP contribution in [0.4, 0.5) is 5.95 Å². The zero-order valence-electron chi connectivity index (χ0n) is 12.9. The van der Waals surface area contributed by atoms with Crippen LogP contribution in [0, 0.1) is 0 Å². The van der Waals surface area contributed by atoms with Gasteiger partial charge in [0, 0.05) is 59.2 Å². The predicted octanol–water partition coefficient (Wildman–Crippen LogP) is -0.161. The van der Waals surface area contributed by atoms with Gasteiger partial charge in [0.05, 0.1) is 12.2 Å². The van der Waals surface area contributed by atoms with Crippen molar-refractivity contribution in [1.82, 2.24) is 19.8 Å². The first-order chi connectivity index (χ1) is 10.6. The summed E-state index contributed by atoms with van der Waals surface area (Å²) < 4.78 is 4.92. The molecule has 0 unspecified atom stereocenters. The molecule has 1 aliphatic heterocycles. The molecule has 0 spiro atoms. The van der Waals surface area contributed by atoms with Crippen LogP contribution in [0.3, 0.4) is 0 Å². The highest BCUT2D eigenvalue weighted by Crippen LogP contribution is 2.08. The molecular weight excluding hydrogens is 286 g/mol. The van der Waals surface area contributed by atoms with Crippen LogP contribution in [0.15, 0.2) is 12.4 Å². The maximum absolute atomic E-state index is 12.3. The first kappa shape index (κ1) is 16.2. The number of carbonyl (C=O) groups is 2. The molecule has 1 fully saturated rings. The van der Waals surface area contributed by atoms with Crippen molar-refractivity contribution in [2.45, 2.75) is 6.92 Å². The molecule has 1 saturated heterocycles. The molecule has 8 nitrogen and oxygen atoms in total. The summed E-state index contributed by atoms with van der Waals surface area (Å²) in [5.41, 5.74) is 0.452. The van der Waals surface area contributed by atoms with E-state index in [-0.39, 0.29) is 11.8 Å². The molecule has 1 aromatic heterocycles. The predicted molar refractivity (Wildman–Crippen MR) is 80.6 cm³/mol. The number of hydrogen-bond acceptors (Lipinski definition) is 6. The van der Waals surface area contributed by atoms with Crippen LogP contribution in [0.5, 0.6) is 0 Å². The molecule has 0 atom stereocenters. The molecule has 0 radical (unpaired) electrons. The van der Waals surface area contributed by atoms with Crippen molar-refractivity contribution in [3.05, 3.63) is 18.0 Å². The van der Waals surface area contributed by atoms with Gasteiger partial charge in [-0.25, -0.2) is 9.97 Å². The average molecular weight is 307 g/mol. The van der Waals surface area contributed by atoms with E-state index in [0.29, 0.717) is 50.8 Å². The van der Waals surface area contributed by atoms with Crippen LogP contribution >= 0.6 is 0 Å². The summed E-state index contributed by atoms with van der Waals surface area (Å²) >= 11 is 0. The van der Waals surface area contributed by atoms with Crippen LogP contribution in [-0.4, -0.2) is 78.0 Å². The molecule has 1 aliphatic rings. The summed E-state index contributed by atoms with van der Waals surface area (Å²) in [4.78, 5) is 35.3. The average Bonchev–Trinajstić information content (AvgIpc) is 2.55. The van der Waals surface area contributed by atoms with Crippen molar-refractivity contribution in [2.75, 3.05) is 51.8 Å². The fourth-order valence-corrected chi connectivity index (χ4v) is 2.20. The lowest BCUT2D eigenvalue weighted by molar-refractivity contribution is -0.130. The van der Waals surface area contributed by atoms with Gasteiger partial charge in [0.2, 0.25) is 11.9 Å². The van der Waals surface area contributed by atoms with Crippen molar-refractivity contribution in [3.63, 3.8) is 0 Å². The first-order valence-corrected chi connectivity index (χ1v) is 7.21. The van der Waals surface area contributed by atoms with E-state index >= 15 is 0 Å². The smallest absolute Gasteiger partial charge is 0.257 e. The first-order valence-electron chi connectivity index (χ1n) is 7.21. The number of methoxy groups -OCH3 is 1. The third-order valence-corrected chi connectivity index (χ3v) is 3.50. The van der Waals surface area contributed by atoms with Gasteiger partial charge in [-0.05, 0) is 0 Å². The molecule has 8 heteroatoms. The summed E-state index contributed by atoms with van der Waals surface area (Å²) in [5.74, 6) is 0.406. The highest BCUT2D eigenvalue weighted by molar-refractivity contribution is 5.93. The number of piperazine rings is 1. The number of nitrogens with zero attached hydrogens (tertiary/aromatic N) is 4. The Morgan fingerprint density at radius 2 is 1.77 bits per heavy atom. The van der Waals surface area contributed by atoms with Crippen molar-refractivity contribution in [1.29, 1.82) is 0 Å². The summed E-state index contributed by atoms with van der Waals surface area (Å²) in [7, 11) is 1.62. The Hall–Kier alpha value is -2.22. The molecule has 0 aromatic carbocycles. The second-order valence-electron chi connectivity index (χ2n) is 5.01. The SMILES string of the molecule is COCCNc1ncc(C(=O)N2CCN(C(C)=O)CC2)cn1. The Morgan fingerprint density at radius 3 is 2.32 bits per heavy atom. The van der Waals surface area contributed by atoms with Crippen LogP contribution < -0.4 is 5.32 Å². The summed E-state index contributed by atoms with van der Waals surface area (Å²) in [6.07, 6.45) is 3.03. The second-order valence-corrected chi connectivity index (χ2v) is 5.01. The van der Waals surface area contributed by atoms with Gasteiger partial charge >= 0.3 is 0 Å². The molecule has 22 heavy (non-hydrogen) atoms. The lowest BCUT2D eigenvalue weighted by Gasteiger charge is -2.34. The van der Waals surface area contributed by atoms with Crippen LogP contribution in [0.2, 0.25) is 0 Å². The zero-order chi connectivity index (χ0) is 15.9. The highest BCUT2D eigenvalue weighted by atomic mass is 16.5. The molecule has 2 rings (SSSR count). The van der Waals surface area contributed by atoms with E-state index in [0.717, 1.165) is 0 Å². The number of nitrogens with one attached hydrogen (secondary N) is 1. The van der Waals surface area contributed by atoms with Crippen LogP contribution in [0.1, 0.15) is 17.3 Å². The van der Waals surface area contributed by atoms with Gasteiger partial charge in [0.1, 0.15) is 0 Å². The number of aromatic nitrogens is 2. The number of hydrogen-bond donors (Lipinski definition) is 1. The molecule has 0 bridgehead atoms. The highest BCUT2D eigenvalue weighted by Gasteiger charge is 2.23. The van der Waals surface area contributed by atoms with Crippen molar-refractivity contribution in [2.24, 2.45) is 0 Å². The Bertz CT molecular complexity index is 512. The molecule has 2 heterocycles. The topological polar surface area (TPSA) is 87.7 Å². The fourth-order valence-electron chi connectivity index (χ4n) is 2.20. The molecule has 0 saturated carbocycles. The number of anilines is 1. The maximum Gasteiger partial charge on any atom is 0.257 e. The Labute approximate surface area is 129 Å². The number of amides is 2. The maximum atomic E-state index is 12.3. The number of rotatable bonds is 5. The summed E-state index contributed by atoms with van der Waals surface area (Å²) in [6.45, 7) is 4.91. The minimum absolute atomic E-state index is 0.0434. The van der Waals surface area contributed by atoms with E-state index in [9.17, 15) is 9.59 Å². The minimum Gasteiger partial charge on any atom is -0.383 e. The monoisotopic (exact) mass is 307 g/mol. The van der Waals surface area contributed by atoms with E-state index in [1.54, 1.807) is 23.8 Å². The van der Waals surface area contributed by atoms with Crippen molar-refractivity contribution < 1.29 is 14.3 Å². The molecule has 2 amide bonds. The minimum atomic E-state index is -0.105. The Kier molecular flexibility index (Phi) is 5.65. The molecule has 120 valence electrons. The van der Waals surface area contributed by atoms with Crippen molar-refractivity contribution >= 4 is 17.8 Å². The third kappa shape index (κ3) is 4.14. The summed E-state index contributed by atoms with van der Waals surface area (Å²) in [5, 5.41) is 2.99. The standard InChI is InChI=1S/C14H21N5O3/c1-11(20)18-4-6-19(7-5-18)13(21)12-9-16-14(17-10-12)15-3-8-22-2/h9-10H,3-8H2,1-2H3,(H,15,16,17). The van der Waals surface area contributed by atoms with E-state index in [1.165, 1.54) is 12.4 Å². The Morgan fingerprint density at radius 1 is 1.18 bits per heavy atom. The quantitative estimate of drug-likeness (QED) is 0.761. The molecule has 1 aromatic rings. The largest absolute Gasteiger partial charge is 0.383 e. The van der Waals surface area contributed by atoms with Crippen molar-refractivity contribution in [3.8, 4) is 0 Å². The number of carbonyl (C=O) groups excluding carboxylic acids is 2. The van der Waals surface area contributed by atoms with Gasteiger partial charge in [-0.15, -0.1) is 0 Å². The van der Waals surface area contributed by atoms with Gasteiger partial charge in [-0.2, -0.15) is 0 Å². The van der Waals surface area contributed by atoms with E-state index in [1.807, 2.05) is 0 Å². The number of ether oxygens (including phenoxy) is 1. The second kappa shape index (κ2) is 7.69. The zero-order valence-corrected chi connectivity index (χ0v) is 12.9. The van der Waals surface area contributed by atoms with Crippen LogP contribution in [0.25, 0.3) is 0 Å². The lowest BCUT2D eigenvalue weighted by atomic mass is 10.2. The van der Waals surface area contributed by atoms with Gasteiger partial charge in [0.15, 0.2) is 0 Å². The molecular formula is C14H21N5O3. The normalized spacial score (nSPS) is 14.8. The van der Waals surface area contributed by atoms with E-state index < -0.39 is 0 Å². The molecule has 0 aliphatic carbocycles. The van der Waals surface area contributed by atoms with E-state index in [4.69, 9.17) is 4.74 Å². The fraction of sp³-hybridized carbons (Fsp3) is 0.571. The lowest BCUT2D eigenvalue weighted by Crippen LogP contribution is -2.50. The molecule has 1 N–H and O–H groups in total.